The molecule has 0 aromatic heterocycles. The summed E-state index contributed by atoms with van der Waals surface area (Å²) in [5.41, 5.74) is 2.17. The minimum atomic E-state index is 0.151. The number of fused-ring (bicyclic) bond motifs is 6. The topological polar surface area (TPSA) is 57.2 Å². The van der Waals surface area contributed by atoms with Gasteiger partial charge in [-0.05, 0) is 41.3 Å². The number of allylic oxidation sites excluding steroid dienone is 1. The van der Waals surface area contributed by atoms with E-state index in [2.05, 4.69) is 12.2 Å². The molecule has 2 heterocycles. The molecule has 1 aromatic rings. The molecule has 0 saturated carbocycles. The molecule has 6 nitrogen and oxygen atoms in total. The third-order valence-corrected chi connectivity index (χ3v) is 5.94. The number of amides is 1. The lowest BCUT2D eigenvalue weighted by molar-refractivity contribution is -0.132. The molecule has 1 saturated heterocycles. The van der Waals surface area contributed by atoms with Gasteiger partial charge in [0, 0.05) is 24.9 Å². The normalized spacial score (nSPS) is 26.1. The van der Waals surface area contributed by atoms with Gasteiger partial charge in [0.1, 0.15) is 0 Å². The minimum Gasteiger partial charge on any atom is -0.493 e. The first-order valence-electron chi connectivity index (χ1n) is 9.14. The van der Waals surface area contributed by atoms with Crippen LogP contribution in [0.3, 0.4) is 0 Å². The molecule has 1 fully saturated rings. The second kappa shape index (κ2) is 6.83. The highest BCUT2D eigenvalue weighted by Gasteiger charge is 2.43. The molecule has 0 radical (unpaired) electrons. The van der Waals surface area contributed by atoms with Crippen molar-refractivity contribution in [3.63, 3.8) is 0 Å². The molecule has 6 heteroatoms. The van der Waals surface area contributed by atoms with E-state index in [-0.39, 0.29) is 23.7 Å². The maximum Gasteiger partial charge on any atom is 0.227 e. The van der Waals surface area contributed by atoms with Crippen molar-refractivity contribution >= 4 is 5.91 Å². The van der Waals surface area contributed by atoms with Gasteiger partial charge in [0.25, 0.3) is 0 Å². The number of carbonyl (C=O) groups excluding carboxylic acids is 1. The SMILES string of the molecule is COC1=CC2CN3CC(c4cc(OC)c(OC)cc4CC3=O)C2C=C1OC. The number of carbonyl (C=O) groups is 1. The fourth-order valence-corrected chi connectivity index (χ4v) is 4.60. The van der Waals surface area contributed by atoms with Crippen molar-refractivity contribution in [1.29, 1.82) is 0 Å². The largest absolute Gasteiger partial charge is 0.493 e. The standard InChI is InChI=1S/C21H25NO5/c1-24-17-5-12-7-21(23)22-10-13-6-18(25-2)20(27-4)9-15(13)16(11-22)14(12)8-19(17)26-3/h5-6,8-9,13,15-16H,7,10-11H2,1-4H3. The summed E-state index contributed by atoms with van der Waals surface area (Å²) in [6.45, 7) is 1.40. The molecule has 4 rings (SSSR count). The molecule has 0 spiro atoms. The molecule has 2 aliphatic heterocycles. The summed E-state index contributed by atoms with van der Waals surface area (Å²) < 4.78 is 22.0. The summed E-state index contributed by atoms with van der Waals surface area (Å²) in [7, 11) is 6.56. The summed E-state index contributed by atoms with van der Waals surface area (Å²) in [5, 5.41) is 0. The Kier molecular flexibility index (Phi) is 4.50. The predicted octanol–water partition coefficient (Wildman–Crippen LogP) is 2.49. The number of benzene rings is 1. The van der Waals surface area contributed by atoms with Gasteiger partial charge in [-0.1, -0.05) is 0 Å². The van der Waals surface area contributed by atoms with Crippen LogP contribution in [0.1, 0.15) is 17.0 Å². The first-order chi connectivity index (χ1) is 13.1. The second-order valence-corrected chi connectivity index (χ2v) is 7.20. The first kappa shape index (κ1) is 17.8. The molecule has 144 valence electrons. The summed E-state index contributed by atoms with van der Waals surface area (Å²) in [6.07, 6.45) is 4.64. The minimum absolute atomic E-state index is 0.151. The van der Waals surface area contributed by atoms with Crippen LogP contribution in [0, 0.1) is 11.8 Å². The van der Waals surface area contributed by atoms with Crippen molar-refractivity contribution in [2.24, 2.45) is 11.8 Å². The summed E-state index contributed by atoms with van der Waals surface area (Å²) >= 11 is 0. The predicted molar refractivity (Wildman–Crippen MR) is 99.7 cm³/mol. The van der Waals surface area contributed by atoms with Gasteiger partial charge in [0.2, 0.25) is 5.91 Å². The lowest BCUT2D eigenvalue weighted by Crippen LogP contribution is -2.46. The zero-order valence-corrected chi connectivity index (χ0v) is 16.2. The van der Waals surface area contributed by atoms with Gasteiger partial charge in [0.15, 0.2) is 23.0 Å². The van der Waals surface area contributed by atoms with E-state index in [4.69, 9.17) is 18.9 Å². The number of hydrogen-bond donors (Lipinski definition) is 0. The Morgan fingerprint density at radius 3 is 2.22 bits per heavy atom. The quantitative estimate of drug-likeness (QED) is 0.814. The molecular formula is C21H25NO5. The highest BCUT2D eigenvalue weighted by molar-refractivity contribution is 5.81. The van der Waals surface area contributed by atoms with E-state index in [1.807, 2.05) is 17.0 Å². The molecule has 1 amide bonds. The Hall–Kier alpha value is -2.63. The summed E-state index contributed by atoms with van der Waals surface area (Å²) in [6, 6.07) is 3.98. The molecule has 3 unspecified atom stereocenters. The number of rotatable bonds is 4. The third-order valence-electron chi connectivity index (χ3n) is 5.94. The van der Waals surface area contributed by atoms with Gasteiger partial charge >= 0.3 is 0 Å². The van der Waals surface area contributed by atoms with E-state index in [1.165, 1.54) is 0 Å². The van der Waals surface area contributed by atoms with E-state index >= 15 is 0 Å². The van der Waals surface area contributed by atoms with E-state index in [1.54, 1.807) is 28.4 Å². The highest BCUT2D eigenvalue weighted by Crippen LogP contribution is 2.46. The van der Waals surface area contributed by atoms with Crippen LogP contribution in [0.25, 0.3) is 0 Å². The van der Waals surface area contributed by atoms with Crippen LogP contribution in [0.2, 0.25) is 0 Å². The lowest BCUT2D eigenvalue weighted by atomic mass is 9.72. The molecule has 27 heavy (non-hydrogen) atoms. The van der Waals surface area contributed by atoms with Crippen molar-refractivity contribution in [2.45, 2.75) is 12.3 Å². The number of hydrogen-bond acceptors (Lipinski definition) is 5. The number of nitrogens with zero attached hydrogens (tertiary/aromatic N) is 1. The Morgan fingerprint density at radius 2 is 1.56 bits per heavy atom. The highest BCUT2D eigenvalue weighted by atomic mass is 16.5. The van der Waals surface area contributed by atoms with Crippen LogP contribution in [0.5, 0.6) is 11.5 Å². The molecule has 3 aliphatic rings. The van der Waals surface area contributed by atoms with Crippen molar-refractivity contribution in [2.75, 3.05) is 41.5 Å². The monoisotopic (exact) mass is 371 g/mol. The van der Waals surface area contributed by atoms with Crippen LogP contribution >= 0.6 is 0 Å². The molecular weight excluding hydrogens is 346 g/mol. The first-order valence-corrected chi connectivity index (χ1v) is 9.14. The smallest absolute Gasteiger partial charge is 0.227 e. The van der Waals surface area contributed by atoms with Crippen LogP contribution in [-0.4, -0.2) is 52.3 Å². The molecule has 0 N–H and O–H groups in total. The van der Waals surface area contributed by atoms with Gasteiger partial charge in [-0.15, -0.1) is 0 Å². The van der Waals surface area contributed by atoms with Crippen molar-refractivity contribution in [3.8, 4) is 11.5 Å². The molecule has 2 bridgehead atoms. The Balaban J connectivity index is 1.84. The van der Waals surface area contributed by atoms with Crippen LogP contribution in [0.15, 0.2) is 35.8 Å². The zero-order chi connectivity index (χ0) is 19.1. The van der Waals surface area contributed by atoms with Crippen LogP contribution in [-0.2, 0) is 20.7 Å². The average molecular weight is 371 g/mol. The van der Waals surface area contributed by atoms with Gasteiger partial charge in [-0.3, -0.25) is 4.79 Å². The van der Waals surface area contributed by atoms with E-state index in [0.717, 1.165) is 22.6 Å². The van der Waals surface area contributed by atoms with Gasteiger partial charge < -0.3 is 23.8 Å². The van der Waals surface area contributed by atoms with Crippen molar-refractivity contribution in [1.82, 2.24) is 4.90 Å². The van der Waals surface area contributed by atoms with Gasteiger partial charge in [0.05, 0.1) is 34.9 Å². The second-order valence-electron chi connectivity index (χ2n) is 7.20. The molecule has 3 atom stereocenters. The van der Waals surface area contributed by atoms with Crippen LogP contribution < -0.4 is 9.47 Å². The Morgan fingerprint density at radius 1 is 0.889 bits per heavy atom. The Bertz CT molecular complexity index is 828. The molecule has 1 aliphatic carbocycles. The Labute approximate surface area is 159 Å². The summed E-state index contributed by atoms with van der Waals surface area (Å²) in [5.74, 6) is 3.59. The van der Waals surface area contributed by atoms with E-state index in [9.17, 15) is 4.79 Å². The third kappa shape index (κ3) is 2.83. The fourth-order valence-electron chi connectivity index (χ4n) is 4.60. The lowest BCUT2D eigenvalue weighted by Gasteiger charge is -2.42. The fraction of sp³-hybridized carbons (Fsp3) is 0.476. The van der Waals surface area contributed by atoms with E-state index < -0.39 is 0 Å². The number of piperidine rings is 1. The van der Waals surface area contributed by atoms with E-state index in [0.29, 0.717) is 31.0 Å². The number of methoxy groups -OCH3 is 4. The number of ether oxygens (including phenoxy) is 4. The van der Waals surface area contributed by atoms with Crippen LogP contribution in [0.4, 0.5) is 0 Å². The van der Waals surface area contributed by atoms with Crippen molar-refractivity contribution in [3.05, 3.63) is 46.9 Å². The maximum atomic E-state index is 12.8. The molecule has 1 aromatic carbocycles. The maximum absolute atomic E-state index is 12.8. The zero-order valence-electron chi connectivity index (χ0n) is 16.2. The van der Waals surface area contributed by atoms with Gasteiger partial charge in [-0.2, -0.15) is 0 Å². The average Bonchev–Trinajstić information content (AvgIpc) is 2.81. The van der Waals surface area contributed by atoms with Crippen molar-refractivity contribution < 1.29 is 23.7 Å². The summed E-state index contributed by atoms with van der Waals surface area (Å²) in [4.78, 5) is 14.8. The van der Waals surface area contributed by atoms with Gasteiger partial charge in [-0.25, -0.2) is 0 Å².